The summed E-state index contributed by atoms with van der Waals surface area (Å²) in [4.78, 5) is 39.5. The minimum absolute atomic E-state index is 0.0699. The van der Waals surface area contributed by atoms with Gasteiger partial charge in [0.15, 0.2) is 17.7 Å². The third-order valence-electron chi connectivity index (χ3n) is 6.46. The Balaban J connectivity index is 1.45. The quantitative estimate of drug-likeness (QED) is 0.316. The number of nitrogens with two attached hydrogens (primary N) is 2. The molecule has 1 unspecified atom stereocenters. The largest absolute Gasteiger partial charge is 0.394 e. The highest BCUT2D eigenvalue weighted by molar-refractivity contribution is 6.21. The number of rotatable bonds is 8. The highest BCUT2D eigenvalue weighted by atomic mass is 16.6. The zero-order chi connectivity index (χ0) is 25.6. The molecule has 5 rings (SSSR count). The van der Waals surface area contributed by atoms with Crippen LogP contribution in [0, 0.1) is 0 Å². The molecule has 2 amide bonds. The van der Waals surface area contributed by atoms with Crippen molar-refractivity contribution >= 4 is 34.7 Å². The van der Waals surface area contributed by atoms with Crippen molar-refractivity contribution in [3.63, 3.8) is 0 Å². The summed E-state index contributed by atoms with van der Waals surface area (Å²) in [6.07, 6.45) is -2.18. The molecule has 5 atom stereocenters. The molecule has 1 fully saturated rings. The number of unbranched alkanes of at least 4 members (excludes halogenated alkanes) is 1. The fourth-order valence-electron chi connectivity index (χ4n) is 4.69. The normalized spacial score (nSPS) is 24.6. The number of nitrogen functional groups attached to an aromatic ring is 2. The van der Waals surface area contributed by atoms with Gasteiger partial charge < -0.3 is 31.2 Å². The molecule has 2 aromatic heterocycles. The molecule has 13 heteroatoms. The van der Waals surface area contributed by atoms with Gasteiger partial charge in [-0.25, -0.2) is 9.88 Å². The topological polar surface area (TPSA) is 192 Å². The molecule has 1 saturated heterocycles. The van der Waals surface area contributed by atoms with Gasteiger partial charge in [0.2, 0.25) is 5.95 Å². The molecular formula is C23H27N7O6. The number of imidazole rings is 1. The van der Waals surface area contributed by atoms with Crippen LogP contribution in [0.5, 0.6) is 0 Å². The number of carbonyl (C=O) groups excluding carboxylic acids is 2. The molecular weight excluding hydrogens is 470 g/mol. The first kappa shape index (κ1) is 24.1. The number of hydrogen-bond donors (Lipinski definition) is 4. The zero-order valence-electron chi connectivity index (χ0n) is 19.5. The van der Waals surface area contributed by atoms with Gasteiger partial charge in [0.1, 0.15) is 30.1 Å². The number of fused-ring (bicyclic) bond motifs is 2. The lowest BCUT2D eigenvalue weighted by atomic mass is 10.1. The van der Waals surface area contributed by atoms with Crippen molar-refractivity contribution < 1.29 is 29.3 Å². The van der Waals surface area contributed by atoms with Crippen molar-refractivity contribution in [1.29, 1.82) is 0 Å². The highest BCUT2D eigenvalue weighted by Crippen LogP contribution is 2.36. The SMILES string of the molecule is CCCCC(O[C@H]1[C@@H](O)[C@H](n2cnc3c(N)nc(N)nc32)O[C@@H]1CO)N1C(=O)c2ccccc2C1=O. The lowest BCUT2D eigenvalue weighted by molar-refractivity contribution is -0.125. The maximum absolute atomic E-state index is 13.1. The molecule has 190 valence electrons. The Morgan fingerprint density at radius 2 is 1.86 bits per heavy atom. The Hall–Kier alpha value is -3.65. The van der Waals surface area contributed by atoms with E-state index in [0.717, 1.165) is 11.3 Å². The minimum Gasteiger partial charge on any atom is -0.394 e. The number of benzene rings is 1. The van der Waals surface area contributed by atoms with Gasteiger partial charge in [-0.05, 0) is 25.0 Å². The number of aliphatic hydroxyl groups is 2. The van der Waals surface area contributed by atoms with Crippen LogP contribution in [-0.2, 0) is 9.47 Å². The number of hydrogen-bond acceptors (Lipinski definition) is 11. The van der Waals surface area contributed by atoms with Crippen molar-refractivity contribution in [1.82, 2.24) is 24.4 Å². The second-order valence-corrected chi connectivity index (χ2v) is 8.75. The fraction of sp³-hybridized carbons (Fsp3) is 0.435. The first-order valence-corrected chi connectivity index (χ1v) is 11.7. The average molecular weight is 498 g/mol. The molecule has 4 heterocycles. The lowest BCUT2D eigenvalue weighted by Crippen LogP contribution is -2.47. The van der Waals surface area contributed by atoms with Crippen molar-refractivity contribution in [2.75, 3.05) is 18.1 Å². The summed E-state index contributed by atoms with van der Waals surface area (Å²) in [6.45, 7) is 1.50. The molecule has 3 aromatic rings. The summed E-state index contributed by atoms with van der Waals surface area (Å²) in [5.74, 6) is -0.942. The van der Waals surface area contributed by atoms with Gasteiger partial charge in [0, 0.05) is 0 Å². The zero-order valence-corrected chi connectivity index (χ0v) is 19.5. The molecule has 2 aliphatic heterocycles. The van der Waals surface area contributed by atoms with E-state index in [9.17, 15) is 19.8 Å². The molecule has 2 aliphatic rings. The third kappa shape index (κ3) is 3.86. The summed E-state index contributed by atoms with van der Waals surface area (Å²) in [5.41, 5.74) is 12.7. The Bertz CT molecular complexity index is 1280. The Morgan fingerprint density at radius 1 is 1.17 bits per heavy atom. The van der Waals surface area contributed by atoms with E-state index in [1.165, 1.54) is 10.9 Å². The van der Waals surface area contributed by atoms with Crippen LogP contribution in [0.25, 0.3) is 11.2 Å². The summed E-state index contributed by atoms with van der Waals surface area (Å²) < 4.78 is 13.6. The molecule has 0 bridgehead atoms. The standard InChI is InChI=1S/C23H27N7O6/c1-2-3-8-14(30-20(33)11-6-4-5-7-12(11)21(30)34)36-17-13(9-31)35-22(16(17)32)29-10-26-15-18(24)27-23(25)28-19(15)29/h4-7,10,13-14,16-17,22,31-32H,2-3,8-9H2,1H3,(H4,24,25,27,28)/t13-,14?,16-,17-,22-/m1/s1. The molecule has 36 heavy (non-hydrogen) atoms. The number of nitrogens with zero attached hydrogens (tertiary/aromatic N) is 5. The van der Waals surface area contributed by atoms with Gasteiger partial charge in [0.05, 0.1) is 24.1 Å². The predicted octanol–water partition coefficient (Wildman–Crippen LogP) is 0.439. The van der Waals surface area contributed by atoms with Gasteiger partial charge in [-0.3, -0.25) is 14.2 Å². The third-order valence-corrected chi connectivity index (χ3v) is 6.46. The number of imide groups is 1. The van der Waals surface area contributed by atoms with Crippen LogP contribution in [0.2, 0.25) is 0 Å². The van der Waals surface area contributed by atoms with E-state index in [4.69, 9.17) is 20.9 Å². The van der Waals surface area contributed by atoms with Crippen LogP contribution in [0.15, 0.2) is 30.6 Å². The van der Waals surface area contributed by atoms with Crippen LogP contribution in [0.3, 0.4) is 0 Å². The highest BCUT2D eigenvalue weighted by Gasteiger charge is 2.49. The number of aromatic nitrogens is 4. The van der Waals surface area contributed by atoms with Gasteiger partial charge in [-0.15, -0.1) is 0 Å². The van der Waals surface area contributed by atoms with Crippen molar-refractivity contribution in [2.45, 2.75) is 57.0 Å². The van der Waals surface area contributed by atoms with Crippen molar-refractivity contribution in [3.8, 4) is 0 Å². The van der Waals surface area contributed by atoms with Gasteiger partial charge >= 0.3 is 0 Å². The molecule has 0 radical (unpaired) electrons. The molecule has 6 N–H and O–H groups in total. The lowest BCUT2D eigenvalue weighted by Gasteiger charge is -2.31. The Kier molecular flexibility index (Phi) is 6.30. The molecule has 0 saturated carbocycles. The Morgan fingerprint density at radius 3 is 2.50 bits per heavy atom. The smallest absolute Gasteiger partial charge is 0.263 e. The van der Waals surface area contributed by atoms with Crippen LogP contribution in [0.4, 0.5) is 11.8 Å². The number of amides is 2. The second-order valence-electron chi connectivity index (χ2n) is 8.75. The van der Waals surface area contributed by atoms with E-state index in [-0.39, 0.29) is 22.9 Å². The fourth-order valence-corrected chi connectivity index (χ4v) is 4.69. The first-order valence-electron chi connectivity index (χ1n) is 11.7. The van der Waals surface area contributed by atoms with Gasteiger partial charge in [0.25, 0.3) is 11.8 Å². The van der Waals surface area contributed by atoms with Crippen molar-refractivity contribution in [3.05, 3.63) is 41.7 Å². The second kappa shape index (κ2) is 9.43. The Labute approximate surface area is 205 Å². The van der Waals surface area contributed by atoms with Gasteiger partial charge in [-0.2, -0.15) is 9.97 Å². The maximum Gasteiger partial charge on any atom is 0.263 e. The van der Waals surface area contributed by atoms with E-state index in [0.29, 0.717) is 24.0 Å². The van der Waals surface area contributed by atoms with Crippen LogP contribution < -0.4 is 11.5 Å². The average Bonchev–Trinajstić information content (AvgIpc) is 3.50. The number of ether oxygens (including phenoxy) is 2. The van der Waals surface area contributed by atoms with E-state index in [2.05, 4.69) is 15.0 Å². The molecule has 0 aliphatic carbocycles. The minimum atomic E-state index is -1.31. The molecule has 0 spiro atoms. The van der Waals surface area contributed by atoms with E-state index in [1.807, 2.05) is 6.92 Å². The number of anilines is 2. The van der Waals surface area contributed by atoms with E-state index < -0.39 is 49.2 Å². The molecule has 1 aromatic carbocycles. The van der Waals surface area contributed by atoms with E-state index >= 15 is 0 Å². The summed E-state index contributed by atoms with van der Waals surface area (Å²) in [5, 5.41) is 21.3. The van der Waals surface area contributed by atoms with Crippen molar-refractivity contribution in [2.24, 2.45) is 0 Å². The summed E-state index contributed by atoms with van der Waals surface area (Å²) in [6, 6.07) is 6.57. The summed E-state index contributed by atoms with van der Waals surface area (Å²) >= 11 is 0. The summed E-state index contributed by atoms with van der Waals surface area (Å²) in [7, 11) is 0. The number of aliphatic hydroxyl groups excluding tert-OH is 2. The number of carbonyl (C=O) groups is 2. The van der Waals surface area contributed by atoms with Crippen LogP contribution in [-0.4, -0.2) is 77.6 Å². The molecule has 13 nitrogen and oxygen atoms in total. The monoisotopic (exact) mass is 497 g/mol. The first-order chi connectivity index (χ1) is 17.3. The van der Waals surface area contributed by atoms with Crippen LogP contribution in [0.1, 0.15) is 53.1 Å². The maximum atomic E-state index is 13.1. The van der Waals surface area contributed by atoms with Gasteiger partial charge in [-0.1, -0.05) is 25.5 Å². The predicted molar refractivity (Wildman–Crippen MR) is 126 cm³/mol. The van der Waals surface area contributed by atoms with E-state index in [1.54, 1.807) is 24.3 Å². The van der Waals surface area contributed by atoms with Crippen LogP contribution >= 0.6 is 0 Å².